The molecule has 0 bridgehead atoms. The van der Waals surface area contributed by atoms with Crippen LogP contribution in [0.2, 0.25) is 0 Å². The summed E-state index contributed by atoms with van der Waals surface area (Å²) >= 11 is 0. The van der Waals surface area contributed by atoms with Gasteiger partial charge in [-0.15, -0.1) is 0 Å². The van der Waals surface area contributed by atoms with Crippen LogP contribution in [0, 0.1) is 0 Å². The van der Waals surface area contributed by atoms with Crippen molar-refractivity contribution in [3.63, 3.8) is 0 Å². The van der Waals surface area contributed by atoms with Gasteiger partial charge in [0.05, 0.1) is 6.61 Å². The van der Waals surface area contributed by atoms with Crippen LogP contribution in [0.1, 0.15) is 31.7 Å². The maximum atomic E-state index is 12.0. The number of hydrogen-bond donors (Lipinski definition) is 1. The van der Waals surface area contributed by atoms with Gasteiger partial charge in [0.25, 0.3) is 0 Å². The monoisotopic (exact) mass is 263 g/mol. The normalized spacial score (nSPS) is 20.2. The molecule has 0 amide bonds. The Balaban J connectivity index is 2.05. The molecule has 1 aromatic heterocycles. The second-order valence-corrected chi connectivity index (χ2v) is 4.82. The van der Waals surface area contributed by atoms with E-state index in [4.69, 9.17) is 10.5 Å². The minimum atomic E-state index is -0.122. The Morgan fingerprint density at radius 1 is 1.58 bits per heavy atom. The Kier molecular flexibility index (Phi) is 4.74. The number of pyridine rings is 1. The fourth-order valence-electron chi connectivity index (χ4n) is 2.51. The van der Waals surface area contributed by atoms with Crippen LogP contribution in [0.5, 0.6) is 0 Å². The number of likely N-dealkylation sites (tertiary alicyclic amines) is 1. The predicted molar refractivity (Wildman–Crippen MR) is 73.3 cm³/mol. The average Bonchev–Trinajstić information content (AvgIpc) is 2.39. The molecular weight excluding hydrogens is 242 g/mol. The molecule has 0 saturated carbocycles. The van der Waals surface area contributed by atoms with Crippen molar-refractivity contribution in [1.29, 1.82) is 0 Å². The van der Waals surface area contributed by atoms with Crippen molar-refractivity contribution >= 4 is 11.8 Å². The fourth-order valence-corrected chi connectivity index (χ4v) is 2.51. The van der Waals surface area contributed by atoms with Crippen LogP contribution in [-0.4, -0.2) is 35.0 Å². The summed E-state index contributed by atoms with van der Waals surface area (Å²) in [6.45, 7) is 3.92. The third-order valence-electron chi connectivity index (χ3n) is 3.40. The van der Waals surface area contributed by atoms with E-state index in [-0.39, 0.29) is 12.0 Å². The maximum Gasteiger partial charge on any atom is 0.323 e. The van der Waals surface area contributed by atoms with Gasteiger partial charge in [0.2, 0.25) is 0 Å². The highest BCUT2D eigenvalue weighted by atomic mass is 16.5. The quantitative estimate of drug-likeness (QED) is 0.835. The van der Waals surface area contributed by atoms with Crippen molar-refractivity contribution in [2.24, 2.45) is 0 Å². The van der Waals surface area contributed by atoms with Crippen molar-refractivity contribution in [2.45, 2.75) is 38.8 Å². The van der Waals surface area contributed by atoms with E-state index in [1.807, 2.05) is 19.1 Å². The number of piperidine rings is 1. The first-order chi connectivity index (χ1) is 9.20. The lowest BCUT2D eigenvalue weighted by molar-refractivity contribution is -0.151. The molecule has 1 aromatic rings. The summed E-state index contributed by atoms with van der Waals surface area (Å²) in [5, 5.41) is 0. The van der Waals surface area contributed by atoms with Crippen molar-refractivity contribution in [3.05, 3.63) is 23.9 Å². The van der Waals surface area contributed by atoms with Crippen LogP contribution < -0.4 is 5.73 Å². The first-order valence-corrected chi connectivity index (χ1v) is 6.82. The number of rotatable bonds is 4. The van der Waals surface area contributed by atoms with Gasteiger partial charge in [-0.1, -0.05) is 6.42 Å². The van der Waals surface area contributed by atoms with E-state index in [0.29, 0.717) is 12.4 Å². The number of nitrogens with two attached hydrogens (primary N) is 1. The van der Waals surface area contributed by atoms with Gasteiger partial charge in [-0.25, -0.2) is 4.98 Å². The highest BCUT2D eigenvalue weighted by Crippen LogP contribution is 2.21. The molecule has 1 unspecified atom stereocenters. The minimum Gasteiger partial charge on any atom is -0.465 e. The van der Waals surface area contributed by atoms with Crippen LogP contribution in [0.4, 0.5) is 5.82 Å². The van der Waals surface area contributed by atoms with Gasteiger partial charge in [-0.05, 0) is 44.0 Å². The summed E-state index contributed by atoms with van der Waals surface area (Å²) in [7, 11) is 0. The SMILES string of the molecule is CCOC(=O)C1CCCCN1Cc1ccnc(N)c1. The van der Waals surface area contributed by atoms with Gasteiger partial charge >= 0.3 is 5.97 Å². The largest absolute Gasteiger partial charge is 0.465 e. The van der Waals surface area contributed by atoms with E-state index in [1.54, 1.807) is 6.20 Å². The van der Waals surface area contributed by atoms with E-state index in [1.165, 1.54) is 0 Å². The number of nitrogens with zero attached hydrogens (tertiary/aromatic N) is 2. The van der Waals surface area contributed by atoms with E-state index in [0.717, 1.165) is 37.9 Å². The molecule has 19 heavy (non-hydrogen) atoms. The van der Waals surface area contributed by atoms with Gasteiger partial charge in [0, 0.05) is 12.7 Å². The Hall–Kier alpha value is -1.62. The molecule has 0 spiro atoms. The van der Waals surface area contributed by atoms with E-state index in [2.05, 4.69) is 9.88 Å². The molecule has 0 aliphatic carbocycles. The van der Waals surface area contributed by atoms with E-state index >= 15 is 0 Å². The third kappa shape index (κ3) is 3.67. The summed E-state index contributed by atoms with van der Waals surface area (Å²) in [5.41, 5.74) is 6.77. The predicted octanol–water partition coefficient (Wildman–Crippen LogP) is 1.58. The lowest BCUT2D eigenvalue weighted by Gasteiger charge is -2.33. The maximum absolute atomic E-state index is 12.0. The average molecular weight is 263 g/mol. The summed E-state index contributed by atoms with van der Waals surface area (Å²) in [4.78, 5) is 18.1. The standard InChI is InChI=1S/C14H21N3O2/c1-2-19-14(18)12-5-3-4-8-17(12)10-11-6-7-16-13(15)9-11/h6-7,9,12H,2-5,8,10H2,1H3,(H2,15,16). The molecule has 1 aliphatic heterocycles. The first kappa shape index (κ1) is 13.8. The second-order valence-electron chi connectivity index (χ2n) is 4.82. The fraction of sp³-hybridized carbons (Fsp3) is 0.571. The van der Waals surface area contributed by atoms with Crippen molar-refractivity contribution in [2.75, 3.05) is 18.9 Å². The Labute approximate surface area is 113 Å². The molecule has 2 N–H and O–H groups in total. The number of anilines is 1. The molecule has 1 aliphatic rings. The van der Waals surface area contributed by atoms with Crippen molar-refractivity contribution in [1.82, 2.24) is 9.88 Å². The number of nitrogen functional groups attached to an aromatic ring is 1. The smallest absolute Gasteiger partial charge is 0.323 e. The van der Waals surface area contributed by atoms with E-state index < -0.39 is 0 Å². The van der Waals surface area contributed by atoms with Crippen LogP contribution in [0.15, 0.2) is 18.3 Å². The number of aromatic nitrogens is 1. The molecule has 2 rings (SSSR count). The molecule has 1 saturated heterocycles. The number of hydrogen-bond acceptors (Lipinski definition) is 5. The van der Waals surface area contributed by atoms with Crippen molar-refractivity contribution < 1.29 is 9.53 Å². The number of esters is 1. The Bertz CT molecular complexity index is 436. The minimum absolute atomic E-state index is 0.107. The third-order valence-corrected chi connectivity index (χ3v) is 3.40. The van der Waals surface area contributed by atoms with Gasteiger partial charge in [0.15, 0.2) is 0 Å². The zero-order valence-electron chi connectivity index (χ0n) is 11.3. The molecule has 0 aromatic carbocycles. The lowest BCUT2D eigenvalue weighted by Crippen LogP contribution is -2.44. The second kappa shape index (κ2) is 6.52. The molecule has 0 radical (unpaired) electrons. The van der Waals surface area contributed by atoms with E-state index in [9.17, 15) is 4.79 Å². The molecule has 1 atom stereocenters. The lowest BCUT2D eigenvalue weighted by atomic mass is 10.0. The number of carbonyl (C=O) groups excluding carboxylic acids is 1. The van der Waals surface area contributed by atoms with Crippen LogP contribution >= 0.6 is 0 Å². The molecule has 5 heteroatoms. The highest BCUT2D eigenvalue weighted by Gasteiger charge is 2.29. The molecule has 104 valence electrons. The van der Waals surface area contributed by atoms with Crippen LogP contribution in [-0.2, 0) is 16.1 Å². The van der Waals surface area contributed by atoms with Crippen LogP contribution in [0.3, 0.4) is 0 Å². The topological polar surface area (TPSA) is 68.5 Å². The molecule has 5 nitrogen and oxygen atoms in total. The Morgan fingerprint density at radius 3 is 3.16 bits per heavy atom. The highest BCUT2D eigenvalue weighted by molar-refractivity contribution is 5.75. The van der Waals surface area contributed by atoms with Gasteiger partial charge < -0.3 is 10.5 Å². The zero-order valence-corrected chi connectivity index (χ0v) is 11.3. The number of ether oxygens (including phenoxy) is 1. The van der Waals surface area contributed by atoms with Crippen LogP contribution in [0.25, 0.3) is 0 Å². The summed E-state index contributed by atoms with van der Waals surface area (Å²) in [5.74, 6) is 0.409. The zero-order chi connectivity index (χ0) is 13.7. The summed E-state index contributed by atoms with van der Waals surface area (Å²) < 4.78 is 5.16. The summed E-state index contributed by atoms with van der Waals surface area (Å²) in [6.07, 6.45) is 4.78. The number of carbonyl (C=O) groups is 1. The molecule has 1 fully saturated rings. The van der Waals surface area contributed by atoms with Gasteiger partial charge in [0.1, 0.15) is 11.9 Å². The first-order valence-electron chi connectivity index (χ1n) is 6.82. The molecule has 2 heterocycles. The van der Waals surface area contributed by atoms with Gasteiger partial charge in [-0.3, -0.25) is 9.69 Å². The van der Waals surface area contributed by atoms with Crippen molar-refractivity contribution in [3.8, 4) is 0 Å². The molecular formula is C14H21N3O2. The summed E-state index contributed by atoms with van der Waals surface area (Å²) in [6, 6.07) is 3.67. The van der Waals surface area contributed by atoms with Gasteiger partial charge in [-0.2, -0.15) is 0 Å². The Morgan fingerprint density at radius 2 is 2.42 bits per heavy atom.